The number of aliphatic hydroxyl groups is 1. The number of hydrogen-bond donors (Lipinski definition) is 1. The van der Waals surface area contributed by atoms with Gasteiger partial charge in [-0.1, -0.05) is 22.0 Å². The molecule has 2 fully saturated rings. The fourth-order valence-electron chi connectivity index (χ4n) is 3.12. The minimum Gasteiger partial charge on any atom is -0.390 e. The number of ether oxygens (including phenoxy) is 1. The smallest absolute Gasteiger partial charge is 0.124 e. The third-order valence-electron chi connectivity index (χ3n) is 4.29. The van der Waals surface area contributed by atoms with Crippen molar-refractivity contribution in [3.8, 4) is 0 Å². The Bertz CT molecular complexity index is 485. The maximum absolute atomic E-state index is 13.1. The predicted molar refractivity (Wildman–Crippen MR) is 78.1 cm³/mol. The first kappa shape index (κ1) is 14.4. The normalized spacial score (nSPS) is 28.4. The first-order chi connectivity index (χ1) is 9.63. The topological polar surface area (TPSA) is 32.7 Å². The molecule has 3 rings (SSSR count). The Hall–Kier alpha value is -0.490. The number of aliphatic hydroxyl groups excluding tert-OH is 1. The van der Waals surface area contributed by atoms with E-state index < -0.39 is 6.10 Å². The molecule has 2 heterocycles. The summed E-state index contributed by atoms with van der Waals surface area (Å²) in [7, 11) is 0. The van der Waals surface area contributed by atoms with Crippen molar-refractivity contribution in [2.75, 3.05) is 19.7 Å². The summed E-state index contributed by atoms with van der Waals surface area (Å²) in [5, 5.41) is 10.4. The molecule has 3 unspecified atom stereocenters. The van der Waals surface area contributed by atoms with Crippen LogP contribution in [0.2, 0.25) is 0 Å². The molecule has 3 nitrogen and oxygen atoms in total. The van der Waals surface area contributed by atoms with Gasteiger partial charge in [0.1, 0.15) is 5.82 Å². The van der Waals surface area contributed by atoms with Crippen LogP contribution in [0.15, 0.2) is 22.7 Å². The highest BCUT2D eigenvalue weighted by atomic mass is 79.9. The number of benzene rings is 1. The van der Waals surface area contributed by atoms with Gasteiger partial charge in [0.25, 0.3) is 0 Å². The molecule has 3 atom stereocenters. The van der Waals surface area contributed by atoms with Crippen LogP contribution in [0.5, 0.6) is 0 Å². The van der Waals surface area contributed by atoms with Crippen LogP contribution in [-0.2, 0) is 11.2 Å². The lowest BCUT2D eigenvalue weighted by Crippen LogP contribution is -2.50. The summed E-state index contributed by atoms with van der Waals surface area (Å²) in [5.74, 6) is -0.274. The average Bonchev–Trinajstić information content (AvgIpc) is 2.89. The van der Waals surface area contributed by atoms with Crippen LogP contribution in [0, 0.1) is 5.82 Å². The molecule has 5 heteroatoms. The van der Waals surface area contributed by atoms with E-state index in [1.54, 1.807) is 6.07 Å². The van der Waals surface area contributed by atoms with Crippen LogP contribution < -0.4 is 0 Å². The molecule has 110 valence electrons. The Morgan fingerprint density at radius 2 is 2.35 bits per heavy atom. The SMILES string of the molecule is OC(Cc1ccc(F)cc1Br)C1CN2CCCC2CO1. The van der Waals surface area contributed by atoms with Crippen LogP contribution in [0.25, 0.3) is 0 Å². The fourth-order valence-corrected chi connectivity index (χ4v) is 3.63. The molecule has 0 bridgehead atoms. The van der Waals surface area contributed by atoms with E-state index in [0.717, 1.165) is 18.7 Å². The molecule has 2 saturated heterocycles. The molecule has 0 radical (unpaired) electrons. The highest BCUT2D eigenvalue weighted by molar-refractivity contribution is 9.10. The van der Waals surface area contributed by atoms with E-state index in [0.29, 0.717) is 23.5 Å². The van der Waals surface area contributed by atoms with Crippen molar-refractivity contribution in [1.82, 2.24) is 4.90 Å². The maximum Gasteiger partial charge on any atom is 0.124 e. The van der Waals surface area contributed by atoms with Gasteiger partial charge in [-0.25, -0.2) is 4.39 Å². The van der Waals surface area contributed by atoms with E-state index in [4.69, 9.17) is 4.74 Å². The summed E-state index contributed by atoms with van der Waals surface area (Å²) in [5.41, 5.74) is 0.908. The lowest BCUT2D eigenvalue weighted by atomic mass is 10.0. The first-order valence-electron chi connectivity index (χ1n) is 7.11. The van der Waals surface area contributed by atoms with Gasteiger partial charge in [0.2, 0.25) is 0 Å². The second-order valence-electron chi connectivity index (χ2n) is 5.67. The van der Waals surface area contributed by atoms with E-state index in [1.165, 1.54) is 25.0 Å². The molecule has 0 spiro atoms. The first-order valence-corrected chi connectivity index (χ1v) is 7.90. The zero-order chi connectivity index (χ0) is 14.1. The van der Waals surface area contributed by atoms with Crippen molar-refractivity contribution < 1.29 is 14.2 Å². The van der Waals surface area contributed by atoms with Gasteiger partial charge in [-0.2, -0.15) is 0 Å². The second-order valence-corrected chi connectivity index (χ2v) is 6.52. The third-order valence-corrected chi connectivity index (χ3v) is 5.03. The molecule has 0 saturated carbocycles. The van der Waals surface area contributed by atoms with Gasteiger partial charge >= 0.3 is 0 Å². The summed E-state index contributed by atoms with van der Waals surface area (Å²) in [6, 6.07) is 5.10. The zero-order valence-electron chi connectivity index (χ0n) is 11.3. The molecule has 0 aromatic heterocycles. The Balaban J connectivity index is 1.62. The number of fused-ring (bicyclic) bond motifs is 1. The lowest BCUT2D eigenvalue weighted by molar-refractivity contribution is -0.101. The molecule has 1 N–H and O–H groups in total. The molecule has 2 aliphatic rings. The highest BCUT2D eigenvalue weighted by Gasteiger charge is 2.35. The second kappa shape index (κ2) is 6.10. The lowest BCUT2D eigenvalue weighted by Gasteiger charge is -2.37. The van der Waals surface area contributed by atoms with Crippen LogP contribution in [0.4, 0.5) is 4.39 Å². The number of nitrogens with zero attached hydrogens (tertiary/aromatic N) is 1. The van der Waals surface area contributed by atoms with Gasteiger partial charge in [0, 0.05) is 23.5 Å². The molecule has 20 heavy (non-hydrogen) atoms. The summed E-state index contributed by atoms with van der Waals surface area (Å²) in [4.78, 5) is 2.41. The third kappa shape index (κ3) is 3.06. The van der Waals surface area contributed by atoms with Crippen molar-refractivity contribution in [2.45, 2.75) is 37.5 Å². The predicted octanol–water partition coefficient (Wildman–Crippen LogP) is 2.35. The fraction of sp³-hybridized carbons (Fsp3) is 0.600. The molecular weight excluding hydrogens is 325 g/mol. The van der Waals surface area contributed by atoms with Crippen LogP contribution in [-0.4, -0.2) is 48.0 Å². The quantitative estimate of drug-likeness (QED) is 0.914. The van der Waals surface area contributed by atoms with E-state index in [9.17, 15) is 9.50 Å². The number of halogens is 2. The highest BCUT2D eigenvalue weighted by Crippen LogP contribution is 2.26. The average molecular weight is 344 g/mol. The maximum atomic E-state index is 13.1. The summed E-state index contributed by atoms with van der Waals surface area (Å²) < 4.78 is 19.6. The minimum atomic E-state index is -0.557. The Morgan fingerprint density at radius 1 is 1.50 bits per heavy atom. The van der Waals surface area contributed by atoms with Crippen molar-refractivity contribution in [3.05, 3.63) is 34.1 Å². The standard InChI is InChI=1S/C15H19BrFNO2/c16-13-7-11(17)4-3-10(13)6-14(19)15-8-18-5-1-2-12(18)9-20-15/h3-4,7,12,14-15,19H,1-2,5-6,8-9H2. The van der Waals surface area contributed by atoms with Gasteiger partial charge in [-0.15, -0.1) is 0 Å². The summed E-state index contributed by atoms with van der Waals surface area (Å²) in [6.07, 6.45) is 2.19. The molecule has 1 aromatic rings. The van der Waals surface area contributed by atoms with Gasteiger partial charge in [-0.05, 0) is 37.1 Å². The van der Waals surface area contributed by atoms with E-state index in [1.807, 2.05) is 0 Å². The van der Waals surface area contributed by atoms with Gasteiger partial charge in [0.15, 0.2) is 0 Å². The molecular formula is C15H19BrFNO2. The molecule has 0 amide bonds. The van der Waals surface area contributed by atoms with Gasteiger partial charge in [-0.3, -0.25) is 4.90 Å². The van der Waals surface area contributed by atoms with E-state index in [2.05, 4.69) is 20.8 Å². The van der Waals surface area contributed by atoms with Crippen LogP contribution in [0.1, 0.15) is 18.4 Å². The van der Waals surface area contributed by atoms with E-state index >= 15 is 0 Å². The molecule has 1 aromatic carbocycles. The monoisotopic (exact) mass is 343 g/mol. The van der Waals surface area contributed by atoms with Crippen molar-refractivity contribution in [3.63, 3.8) is 0 Å². The van der Waals surface area contributed by atoms with Crippen LogP contribution in [0.3, 0.4) is 0 Å². The summed E-state index contributed by atoms with van der Waals surface area (Å²) in [6.45, 7) is 2.62. The van der Waals surface area contributed by atoms with Crippen molar-refractivity contribution in [1.29, 1.82) is 0 Å². The van der Waals surface area contributed by atoms with E-state index in [-0.39, 0.29) is 11.9 Å². The Labute approximate surface area is 126 Å². The van der Waals surface area contributed by atoms with Crippen molar-refractivity contribution >= 4 is 15.9 Å². The largest absolute Gasteiger partial charge is 0.390 e. The minimum absolute atomic E-state index is 0.152. The Kier molecular flexibility index (Phi) is 4.40. The molecule has 2 aliphatic heterocycles. The number of hydrogen-bond acceptors (Lipinski definition) is 3. The summed E-state index contributed by atoms with van der Waals surface area (Å²) >= 11 is 3.34. The van der Waals surface area contributed by atoms with Gasteiger partial charge in [0.05, 0.1) is 18.8 Å². The zero-order valence-corrected chi connectivity index (χ0v) is 12.9. The number of morpholine rings is 1. The Morgan fingerprint density at radius 3 is 3.15 bits per heavy atom. The van der Waals surface area contributed by atoms with Gasteiger partial charge < -0.3 is 9.84 Å². The number of rotatable bonds is 3. The molecule has 0 aliphatic carbocycles. The van der Waals surface area contributed by atoms with Crippen LogP contribution >= 0.6 is 15.9 Å². The van der Waals surface area contributed by atoms with Crippen molar-refractivity contribution in [2.24, 2.45) is 0 Å².